The summed E-state index contributed by atoms with van der Waals surface area (Å²) in [5, 5.41) is 10.5. The highest BCUT2D eigenvalue weighted by Gasteiger charge is 2.27. The number of aromatic nitrogens is 1. The third-order valence-electron chi connectivity index (χ3n) is 1.69. The Morgan fingerprint density at radius 2 is 2.20 bits per heavy atom. The van der Waals surface area contributed by atoms with Gasteiger partial charge in [-0.05, 0) is 13.0 Å². The molecule has 0 aliphatic carbocycles. The number of rotatable bonds is 3. The van der Waals surface area contributed by atoms with Crippen molar-refractivity contribution in [3.8, 4) is 0 Å². The molecular formula is C8H6F2N2O3. The Bertz CT molecular complexity index is 421. The molecule has 1 aromatic rings. The highest BCUT2D eigenvalue weighted by Crippen LogP contribution is 2.29. The summed E-state index contributed by atoms with van der Waals surface area (Å²) in [6.45, 7) is 1.38. The predicted molar refractivity (Wildman–Crippen MR) is 46.0 cm³/mol. The fraction of sp³-hybridized carbons (Fsp3) is 0.250. The molecule has 1 rings (SSSR count). The SMILES string of the molecule is Cc1cc(C=O)c([N+](=O)[O-])c(C(F)F)n1. The molecule has 0 spiro atoms. The van der Waals surface area contributed by atoms with Gasteiger partial charge in [0, 0.05) is 5.69 Å². The van der Waals surface area contributed by atoms with E-state index < -0.39 is 22.7 Å². The van der Waals surface area contributed by atoms with Crippen LogP contribution in [-0.2, 0) is 0 Å². The molecule has 0 bridgehead atoms. The maximum Gasteiger partial charge on any atom is 0.307 e. The van der Waals surface area contributed by atoms with Crippen LogP contribution in [0.3, 0.4) is 0 Å². The number of aryl methyl sites for hydroxylation is 1. The first-order valence-electron chi connectivity index (χ1n) is 3.86. The van der Waals surface area contributed by atoms with Gasteiger partial charge in [-0.1, -0.05) is 0 Å². The first kappa shape index (κ1) is 11.2. The van der Waals surface area contributed by atoms with E-state index in [1.165, 1.54) is 6.92 Å². The van der Waals surface area contributed by atoms with Crippen molar-refractivity contribution in [2.45, 2.75) is 13.3 Å². The highest BCUT2D eigenvalue weighted by atomic mass is 19.3. The molecule has 0 fully saturated rings. The van der Waals surface area contributed by atoms with Crippen LogP contribution in [0.15, 0.2) is 6.07 Å². The van der Waals surface area contributed by atoms with Gasteiger partial charge in [0.15, 0.2) is 12.0 Å². The Balaban J connectivity index is 3.54. The standard InChI is InChI=1S/C8H6F2N2O3/c1-4-2-5(3-13)7(12(14)15)6(11-4)8(9)10/h2-3,8H,1H3. The molecule has 1 heterocycles. The fourth-order valence-corrected chi connectivity index (χ4v) is 1.16. The number of nitro groups is 1. The van der Waals surface area contributed by atoms with Crippen molar-refractivity contribution in [1.29, 1.82) is 0 Å². The van der Waals surface area contributed by atoms with Gasteiger partial charge >= 0.3 is 5.69 Å². The van der Waals surface area contributed by atoms with E-state index in [1.807, 2.05) is 0 Å². The third kappa shape index (κ3) is 2.12. The summed E-state index contributed by atoms with van der Waals surface area (Å²) < 4.78 is 24.8. The van der Waals surface area contributed by atoms with Crippen LogP contribution in [0.1, 0.15) is 28.2 Å². The van der Waals surface area contributed by atoms with Crippen molar-refractivity contribution in [2.75, 3.05) is 0 Å². The lowest BCUT2D eigenvalue weighted by molar-refractivity contribution is -0.386. The number of hydrogen-bond donors (Lipinski definition) is 0. The van der Waals surface area contributed by atoms with Crippen LogP contribution in [-0.4, -0.2) is 16.2 Å². The number of hydrogen-bond acceptors (Lipinski definition) is 4. The molecule has 7 heteroatoms. The number of carbonyl (C=O) groups is 1. The minimum Gasteiger partial charge on any atom is -0.298 e. The monoisotopic (exact) mass is 216 g/mol. The van der Waals surface area contributed by atoms with Gasteiger partial charge in [-0.15, -0.1) is 0 Å². The lowest BCUT2D eigenvalue weighted by atomic mass is 10.1. The predicted octanol–water partition coefficient (Wildman–Crippen LogP) is 2.05. The van der Waals surface area contributed by atoms with Gasteiger partial charge in [-0.3, -0.25) is 14.9 Å². The van der Waals surface area contributed by atoms with Gasteiger partial charge in [-0.25, -0.2) is 13.8 Å². The summed E-state index contributed by atoms with van der Waals surface area (Å²) in [6, 6.07) is 1.09. The molecule has 0 aliphatic rings. The molecule has 0 saturated carbocycles. The average molecular weight is 216 g/mol. The third-order valence-corrected chi connectivity index (χ3v) is 1.69. The summed E-state index contributed by atoms with van der Waals surface area (Å²) >= 11 is 0. The van der Waals surface area contributed by atoms with Gasteiger partial charge in [0.1, 0.15) is 0 Å². The van der Waals surface area contributed by atoms with E-state index in [-0.39, 0.29) is 17.5 Å². The van der Waals surface area contributed by atoms with Crippen LogP contribution >= 0.6 is 0 Å². The largest absolute Gasteiger partial charge is 0.307 e. The number of carbonyl (C=O) groups excluding carboxylic acids is 1. The molecule has 0 atom stereocenters. The highest BCUT2D eigenvalue weighted by molar-refractivity contribution is 5.82. The van der Waals surface area contributed by atoms with Crippen molar-refractivity contribution in [3.63, 3.8) is 0 Å². The molecule has 0 amide bonds. The molecule has 5 nitrogen and oxygen atoms in total. The number of halogens is 2. The summed E-state index contributed by atoms with van der Waals surface area (Å²) in [7, 11) is 0. The van der Waals surface area contributed by atoms with Gasteiger partial charge < -0.3 is 0 Å². The molecule has 0 aromatic carbocycles. The number of alkyl halides is 2. The van der Waals surface area contributed by atoms with Gasteiger partial charge in [0.25, 0.3) is 6.43 Å². The summed E-state index contributed by atoms with van der Waals surface area (Å²) in [5.41, 5.74) is -2.14. The summed E-state index contributed by atoms with van der Waals surface area (Å²) in [5.74, 6) is 0. The number of nitrogens with zero attached hydrogens (tertiary/aromatic N) is 2. The zero-order chi connectivity index (χ0) is 11.6. The van der Waals surface area contributed by atoms with Crippen LogP contribution in [0.2, 0.25) is 0 Å². The Morgan fingerprint density at radius 3 is 2.60 bits per heavy atom. The van der Waals surface area contributed by atoms with Crippen molar-refractivity contribution in [3.05, 3.63) is 33.1 Å². The maximum absolute atomic E-state index is 12.4. The molecule has 0 aliphatic heterocycles. The second-order valence-corrected chi connectivity index (χ2v) is 2.76. The molecule has 80 valence electrons. The van der Waals surface area contributed by atoms with E-state index in [0.717, 1.165) is 6.07 Å². The van der Waals surface area contributed by atoms with Crippen LogP contribution in [0, 0.1) is 17.0 Å². The van der Waals surface area contributed by atoms with Crippen LogP contribution in [0.5, 0.6) is 0 Å². The topological polar surface area (TPSA) is 73.1 Å². The first-order valence-corrected chi connectivity index (χ1v) is 3.86. The Morgan fingerprint density at radius 1 is 1.60 bits per heavy atom. The first-order chi connectivity index (χ1) is 6.97. The maximum atomic E-state index is 12.4. The average Bonchev–Trinajstić information content (AvgIpc) is 2.15. The fourth-order valence-electron chi connectivity index (χ4n) is 1.16. The lowest BCUT2D eigenvalue weighted by Gasteiger charge is -2.04. The van der Waals surface area contributed by atoms with Gasteiger partial charge in [0.2, 0.25) is 0 Å². The van der Waals surface area contributed by atoms with E-state index in [0.29, 0.717) is 0 Å². The van der Waals surface area contributed by atoms with Crippen LogP contribution in [0.25, 0.3) is 0 Å². The number of pyridine rings is 1. The van der Waals surface area contributed by atoms with Crippen LogP contribution < -0.4 is 0 Å². The van der Waals surface area contributed by atoms with E-state index in [4.69, 9.17) is 0 Å². The summed E-state index contributed by atoms with van der Waals surface area (Å²) in [4.78, 5) is 23.3. The Kier molecular flexibility index (Phi) is 3.03. The molecular weight excluding hydrogens is 210 g/mol. The minimum absolute atomic E-state index is 0.137. The smallest absolute Gasteiger partial charge is 0.298 e. The normalized spacial score (nSPS) is 10.4. The molecule has 15 heavy (non-hydrogen) atoms. The lowest BCUT2D eigenvalue weighted by Crippen LogP contribution is -2.04. The van der Waals surface area contributed by atoms with Crippen molar-refractivity contribution >= 4 is 12.0 Å². The molecule has 1 aromatic heterocycles. The van der Waals surface area contributed by atoms with E-state index >= 15 is 0 Å². The van der Waals surface area contributed by atoms with E-state index in [2.05, 4.69) is 4.98 Å². The second-order valence-electron chi connectivity index (χ2n) is 2.76. The molecule has 0 saturated heterocycles. The van der Waals surface area contributed by atoms with Crippen molar-refractivity contribution < 1.29 is 18.5 Å². The zero-order valence-electron chi connectivity index (χ0n) is 7.61. The molecule has 0 unspecified atom stereocenters. The van der Waals surface area contributed by atoms with E-state index in [9.17, 15) is 23.7 Å². The minimum atomic E-state index is -3.08. The number of aldehydes is 1. The molecule has 0 radical (unpaired) electrons. The van der Waals surface area contributed by atoms with Gasteiger partial charge in [-0.2, -0.15) is 0 Å². The second kappa shape index (κ2) is 4.07. The Hall–Kier alpha value is -1.92. The van der Waals surface area contributed by atoms with Crippen molar-refractivity contribution in [1.82, 2.24) is 4.98 Å². The Labute approximate surface area is 82.9 Å². The molecule has 0 N–H and O–H groups in total. The van der Waals surface area contributed by atoms with Crippen LogP contribution in [0.4, 0.5) is 14.5 Å². The van der Waals surface area contributed by atoms with E-state index in [1.54, 1.807) is 0 Å². The van der Waals surface area contributed by atoms with Gasteiger partial charge in [0.05, 0.1) is 10.5 Å². The zero-order valence-corrected chi connectivity index (χ0v) is 7.61. The summed E-state index contributed by atoms with van der Waals surface area (Å²) in [6.07, 6.45) is -2.91. The van der Waals surface area contributed by atoms with Crippen molar-refractivity contribution in [2.24, 2.45) is 0 Å². The quantitative estimate of drug-likeness (QED) is 0.440.